The molecule has 2 heterocycles. The number of hydrogen-bond donors (Lipinski definition) is 1. The summed E-state index contributed by atoms with van der Waals surface area (Å²) in [5.74, 6) is -0.544. The van der Waals surface area contributed by atoms with Gasteiger partial charge in [-0.25, -0.2) is 8.42 Å². The van der Waals surface area contributed by atoms with Crippen LogP contribution in [0, 0.1) is 0 Å². The van der Waals surface area contributed by atoms with E-state index in [0.29, 0.717) is 15.5 Å². The summed E-state index contributed by atoms with van der Waals surface area (Å²) >= 11 is 7.16. The summed E-state index contributed by atoms with van der Waals surface area (Å²) in [6, 6.07) is 13.6. The minimum Gasteiger partial charge on any atom is -0.371 e. The number of fused-ring (bicyclic) bond motifs is 1. The van der Waals surface area contributed by atoms with Gasteiger partial charge >= 0.3 is 0 Å². The second-order valence-electron chi connectivity index (χ2n) is 6.38. The van der Waals surface area contributed by atoms with E-state index in [9.17, 15) is 13.2 Å². The Morgan fingerprint density at radius 1 is 1.18 bits per heavy atom. The molecule has 1 unspecified atom stereocenters. The Morgan fingerprint density at radius 2 is 1.89 bits per heavy atom. The van der Waals surface area contributed by atoms with E-state index in [2.05, 4.69) is 0 Å². The molecular formula is C19H17ClN2O4S2. The highest BCUT2D eigenvalue weighted by Gasteiger charge is 2.34. The second kappa shape index (κ2) is 7.46. The SMILES string of the molecule is NC(=O)c1sc2ccccc2c1C1CN(S(=O)(=O)c2ccc(Cl)cc2)CCO1. The Kier molecular flexibility index (Phi) is 5.15. The van der Waals surface area contributed by atoms with Crippen LogP contribution in [0.3, 0.4) is 0 Å². The molecule has 2 aromatic carbocycles. The van der Waals surface area contributed by atoms with E-state index in [1.165, 1.54) is 27.8 Å². The molecule has 0 bridgehead atoms. The topological polar surface area (TPSA) is 89.7 Å². The molecule has 1 aromatic heterocycles. The van der Waals surface area contributed by atoms with Gasteiger partial charge in [-0.2, -0.15) is 4.31 Å². The molecule has 1 fully saturated rings. The number of halogens is 1. The number of rotatable bonds is 4. The van der Waals surface area contributed by atoms with Crippen molar-refractivity contribution in [3.63, 3.8) is 0 Å². The van der Waals surface area contributed by atoms with Crippen molar-refractivity contribution < 1.29 is 17.9 Å². The fraction of sp³-hybridized carbons (Fsp3) is 0.211. The number of ether oxygens (including phenoxy) is 1. The van der Waals surface area contributed by atoms with Gasteiger partial charge < -0.3 is 10.5 Å². The van der Waals surface area contributed by atoms with Crippen molar-refractivity contribution in [2.24, 2.45) is 5.73 Å². The zero-order chi connectivity index (χ0) is 19.9. The molecule has 1 atom stereocenters. The van der Waals surface area contributed by atoms with Gasteiger partial charge in [0.1, 0.15) is 0 Å². The predicted octanol–water partition coefficient (Wildman–Crippen LogP) is 3.42. The third-order valence-electron chi connectivity index (χ3n) is 4.66. The molecule has 6 nitrogen and oxygen atoms in total. The van der Waals surface area contributed by atoms with Crippen molar-refractivity contribution in [1.82, 2.24) is 4.31 Å². The number of primary amides is 1. The van der Waals surface area contributed by atoms with Gasteiger partial charge in [-0.3, -0.25) is 4.79 Å². The lowest BCUT2D eigenvalue weighted by atomic mass is 10.0. The molecule has 1 aliphatic rings. The molecule has 1 amide bonds. The van der Waals surface area contributed by atoms with Gasteiger partial charge in [0.2, 0.25) is 10.0 Å². The van der Waals surface area contributed by atoms with Crippen LogP contribution < -0.4 is 5.73 Å². The van der Waals surface area contributed by atoms with E-state index >= 15 is 0 Å². The number of thiophene rings is 1. The fourth-order valence-corrected chi connectivity index (χ4v) is 6.00. The number of hydrogen-bond acceptors (Lipinski definition) is 5. The Bertz CT molecular complexity index is 1140. The molecule has 0 radical (unpaired) electrons. The number of carbonyl (C=O) groups excluding carboxylic acids is 1. The summed E-state index contributed by atoms with van der Waals surface area (Å²) in [5.41, 5.74) is 6.24. The Balaban J connectivity index is 1.72. The third-order valence-corrected chi connectivity index (χ3v) is 7.99. The van der Waals surface area contributed by atoms with Crippen LogP contribution in [0.2, 0.25) is 5.02 Å². The fourth-order valence-electron chi connectivity index (χ4n) is 3.34. The zero-order valence-electron chi connectivity index (χ0n) is 14.7. The normalized spacial score (nSPS) is 18.4. The van der Waals surface area contributed by atoms with E-state index in [-0.39, 0.29) is 24.6 Å². The van der Waals surface area contributed by atoms with Crippen LogP contribution >= 0.6 is 22.9 Å². The first-order valence-corrected chi connectivity index (χ1v) is 11.2. The zero-order valence-corrected chi connectivity index (χ0v) is 17.1. The Hall–Kier alpha value is -1.97. The molecule has 1 saturated heterocycles. The van der Waals surface area contributed by atoms with Gasteiger partial charge in [0.15, 0.2) is 0 Å². The Labute approximate surface area is 171 Å². The number of morpholine rings is 1. The molecule has 0 saturated carbocycles. The van der Waals surface area contributed by atoms with E-state index in [4.69, 9.17) is 22.1 Å². The van der Waals surface area contributed by atoms with Gasteiger partial charge in [-0.1, -0.05) is 29.8 Å². The highest BCUT2D eigenvalue weighted by Crippen LogP contribution is 2.38. The molecule has 28 heavy (non-hydrogen) atoms. The first-order valence-electron chi connectivity index (χ1n) is 8.56. The van der Waals surface area contributed by atoms with Crippen LogP contribution in [0.1, 0.15) is 21.3 Å². The number of amides is 1. The van der Waals surface area contributed by atoms with Crippen molar-refractivity contribution in [3.05, 3.63) is 64.0 Å². The predicted molar refractivity (Wildman–Crippen MR) is 109 cm³/mol. The van der Waals surface area contributed by atoms with Gasteiger partial charge in [0.05, 0.1) is 22.5 Å². The molecule has 9 heteroatoms. The monoisotopic (exact) mass is 436 g/mol. The summed E-state index contributed by atoms with van der Waals surface area (Å²) in [7, 11) is -3.71. The van der Waals surface area contributed by atoms with Crippen molar-refractivity contribution in [2.45, 2.75) is 11.0 Å². The molecular weight excluding hydrogens is 420 g/mol. The minimum atomic E-state index is -3.71. The van der Waals surface area contributed by atoms with Gasteiger partial charge in [0.25, 0.3) is 5.91 Å². The third kappa shape index (κ3) is 3.42. The number of nitrogens with zero attached hydrogens (tertiary/aromatic N) is 1. The quantitative estimate of drug-likeness (QED) is 0.678. The standard InChI is InChI=1S/C19H17ClN2O4S2/c20-12-5-7-13(8-6-12)28(24,25)22-9-10-26-15(11-22)17-14-3-1-2-4-16(14)27-18(17)19(21)23/h1-8,15H,9-11H2,(H2,21,23). The van der Waals surface area contributed by atoms with Crippen LogP contribution in [-0.4, -0.2) is 38.3 Å². The van der Waals surface area contributed by atoms with Crippen LogP contribution in [0.15, 0.2) is 53.4 Å². The van der Waals surface area contributed by atoms with Crippen LogP contribution in [0.4, 0.5) is 0 Å². The first-order chi connectivity index (χ1) is 13.4. The van der Waals surface area contributed by atoms with Gasteiger partial charge in [-0.15, -0.1) is 11.3 Å². The maximum Gasteiger partial charge on any atom is 0.259 e. The summed E-state index contributed by atoms with van der Waals surface area (Å²) in [6.07, 6.45) is -0.575. The highest BCUT2D eigenvalue weighted by molar-refractivity contribution is 7.89. The lowest BCUT2D eigenvalue weighted by Gasteiger charge is -2.32. The van der Waals surface area contributed by atoms with Crippen molar-refractivity contribution in [1.29, 1.82) is 0 Å². The number of sulfonamides is 1. The average molecular weight is 437 g/mol. The largest absolute Gasteiger partial charge is 0.371 e. The first kappa shape index (κ1) is 19.4. The molecule has 4 rings (SSSR count). The van der Waals surface area contributed by atoms with Crippen LogP contribution in [-0.2, 0) is 14.8 Å². The molecule has 1 aliphatic heterocycles. The lowest BCUT2D eigenvalue weighted by Crippen LogP contribution is -2.42. The van der Waals surface area contributed by atoms with Crippen LogP contribution in [0.25, 0.3) is 10.1 Å². The number of nitrogens with two attached hydrogens (primary N) is 1. The summed E-state index contributed by atoms with van der Waals surface area (Å²) in [4.78, 5) is 12.6. The van der Waals surface area contributed by atoms with Gasteiger partial charge in [0, 0.05) is 28.4 Å². The average Bonchev–Trinajstić information content (AvgIpc) is 3.08. The van der Waals surface area contributed by atoms with Gasteiger partial charge in [-0.05, 0) is 35.7 Å². The van der Waals surface area contributed by atoms with E-state index < -0.39 is 22.0 Å². The maximum absolute atomic E-state index is 13.0. The summed E-state index contributed by atoms with van der Waals surface area (Å²) in [5, 5.41) is 1.33. The van der Waals surface area contributed by atoms with Crippen LogP contribution in [0.5, 0.6) is 0 Å². The summed E-state index contributed by atoms with van der Waals surface area (Å²) < 4.78 is 34.2. The number of carbonyl (C=O) groups is 1. The lowest BCUT2D eigenvalue weighted by molar-refractivity contribution is -0.00188. The second-order valence-corrected chi connectivity index (χ2v) is 9.81. The molecule has 0 aliphatic carbocycles. The van der Waals surface area contributed by atoms with Crippen molar-refractivity contribution in [2.75, 3.05) is 19.7 Å². The summed E-state index contributed by atoms with van der Waals surface area (Å²) in [6.45, 7) is 0.557. The molecule has 3 aromatic rings. The highest BCUT2D eigenvalue weighted by atomic mass is 35.5. The molecule has 146 valence electrons. The molecule has 2 N–H and O–H groups in total. The Morgan fingerprint density at radius 3 is 2.61 bits per heavy atom. The van der Waals surface area contributed by atoms with E-state index in [1.807, 2.05) is 24.3 Å². The van der Waals surface area contributed by atoms with Crippen molar-refractivity contribution >= 4 is 49.0 Å². The minimum absolute atomic E-state index is 0.103. The van der Waals surface area contributed by atoms with E-state index in [1.54, 1.807) is 12.1 Å². The molecule has 0 spiro atoms. The smallest absolute Gasteiger partial charge is 0.259 e. The van der Waals surface area contributed by atoms with Crippen molar-refractivity contribution in [3.8, 4) is 0 Å². The maximum atomic E-state index is 13.0. The van der Waals surface area contributed by atoms with E-state index in [0.717, 1.165) is 10.1 Å². The number of benzene rings is 2.